The van der Waals surface area contributed by atoms with Gasteiger partial charge in [-0.3, -0.25) is 0 Å². The van der Waals surface area contributed by atoms with E-state index in [9.17, 15) is 4.39 Å². The Morgan fingerprint density at radius 2 is 2.44 bits per heavy atom. The van der Waals surface area contributed by atoms with Crippen LogP contribution in [0.1, 0.15) is 6.42 Å². The van der Waals surface area contributed by atoms with Crippen LogP contribution < -0.4 is 15.8 Å². The lowest BCUT2D eigenvalue weighted by Gasteiger charge is -2.24. The van der Waals surface area contributed by atoms with Gasteiger partial charge in [0.1, 0.15) is 11.6 Å². The summed E-state index contributed by atoms with van der Waals surface area (Å²) >= 11 is 1.93. The van der Waals surface area contributed by atoms with Crippen molar-refractivity contribution in [3.63, 3.8) is 0 Å². The second-order valence-corrected chi connectivity index (χ2v) is 5.61. The quantitative estimate of drug-likeness (QED) is 0.862. The molecule has 0 saturated carbocycles. The average Bonchev–Trinajstić information content (AvgIpc) is 2.91. The van der Waals surface area contributed by atoms with Gasteiger partial charge in [-0.25, -0.2) is 4.39 Å². The number of benzene rings is 1. The van der Waals surface area contributed by atoms with Gasteiger partial charge >= 0.3 is 0 Å². The number of ether oxygens (including phenoxy) is 1. The van der Waals surface area contributed by atoms with Crippen LogP contribution in [0.25, 0.3) is 0 Å². The molecule has 0 bridgehead atoms. The Hall–Kier alpha value is -0.940. The van der Waals surface area contributed by atoms with Crippen molar-refractivity contribution in [2.75, 3.05) is 30.5 Å². The number of halogens is 1. The topological polar surface area (TPSA) is 47.3 Å². The predicted octanol–water partition coefficient (Wildman–Crippen LogP) is 2.33. The summed E-state index contributed by atoms with van der Waals surface area (Å²) in [4.78, 5) is 0. The van der Waals surface area contributed by atoms with E-state index in [1.807, 2.05) is 11.8 Å². The lowest BCUT2D eigenvalue weighted by molar-refractivity contribution is 0.413. The fourth-order valence-corrected chi connectivity index (χ4v) is 3.52. The van der Waals surface area contributed by atoms with Crippen LogP contribution in [0.3, 0.4) is 0 Å². The highest BCUT2D eigenvalue weighted by Crippen LogP contribution is 2.29. The molecule has 2 rings (SSSR count). The summed E-state index contributed by atoms with van der Waals surface area (Å²) in [5.41, 5.74) is 6.27. The van der Waals surface area contributed by atoms with E-state index in [1.165, 1.54) is 11.8 Å². The SMILES string of the molecule is COc1ccc(F)c(NC(CN)C2CCSC2)c1. The third-order valence-corrected chi connectivity index (χ3v) is 4.49. The molecule has 0 aliphatic carbocycles. The maximum Gasteiger partial charge on any atom is 0.146 e. The van der Waals surface area contributed by atoms with E-state index in [-0.39, 0.29) is 11.9 Å². The molecular formula is C13H19FN2OS. The number of anilines is 1. The highest BCUT2D eigenvalue weighted by Gasteiger charge is 2.25. The number of methoxy groups -OCH3 is 1. The fourth-order valence-electron chi connectivity index (χ4n) is 2.18. The molecule has 5 heteroatoms. The first-order valence-corrected chi connectivity index (χ1v) is 7.28. The molecule has 18 heavy (non-hydrogen) atoms. The van der Waals surface area contributed by atoms with Gasteiger partial charge in [0.25, 0.3) is 0 Å². The Balaban J connectivity index is 2.10. The molecule has 0 amide bonds. The van der Waals surface area contributed by atoms with Crippen LogP contribution in [-0.2, 0) is 0 Å². The van der Waals surface area contributed by atoms with Gasteiger partial charge in [0.15, 0.2) is 0 Å². The van der Waals surface area contributed by atoms with E-state index >= 15 is 0 Å². The van der Waals surface area contributed by atoms with Crippen LogP contribution in [0, 0.1) is 11.7 Å². The number of rotatable bonds is 5. The Bertz CT molecular complexity index is 397. The molecule has 2 unspecified atom stereocenters. The minimum absolute atomic E-state index is 0.126. The molecule has 1 aliphatic heterocycles. The molecule has 2 atom stereocenters. The summed E-state index contributed by atoms with van der Waals surface area (Å²) < 4.78 is 18.8. The molecule has 1 saturated heterocycles. The van der Waals surface area contributed by atoms with Gasteiger partial charge < -0.3 is 15.8 Å². The second-order valence-electron chi connectivity index (χ2n) is 4.46. The van der Waals surface area contributed by atoms with Gasteiger partial charge in [0, 0.05) is 18.7 Å². The molecule has 1 fully saturated rings. The Labute approximate surface area is 111 Å². The number of hydrogen-bond donors (Lipinski definition) is 2. The zero-order chi connectivity index (χ0) is 13.0. The number of hydrogen-bond acceptors (Lipinski definition) is 4. The van der Waals surface area contributed by atoms with Crippen molar-refractivity contribution in [3.8, 4) is 5.75 Å². The molecule has 1 aliphatic rings. The molecule has 3 nitrogen and oxygen atoms in total. The fraction of sp³-hybridized carbons (Fsp3) is 0.538. The normalized spacial score (nSPS) is 20.7. The Morgan fingerprint density at radius 3 is 3.06 bits per heavy atom. The summed E-state index contributed by atoms with van der Waals surface area (Å²) in [7, 11) is 1.57. The van der Waals surface area contributed by atoms with Crippen molar-refractivity contribution in [3.05, 3.63) is 24.0 Å². The molecule has 3 N–H and O–H groups in total. The Kier molecular flexibility index (Phi) is 4.72. The van der Waals surface area contributed by atoms with E-state index in [2.05, 4.69) is 5.32 Å². The van der Waals surface area contributed by atoms with Crippen LogP contribution in [0.4, 0.5) is 10.1 Å². The molecule has 0 radical (unpaired) electrons. The first kappa shape index (κ1) is 13.5. The summed E-state index contributed by atoms with van der Waals surface area (Å²) in [6, 6.07) is 4.84. The molecule has 1 heterocycles. The van der Waals surface area contributed by atoms with Crippen LogP contribution in [0.15, 0.2) is 18.2 Å². The Morgan fingerprint density at radius 1 is 1.61 bits per heavy atom. The van der Waals surface area contributed by atoms with E-state index < -0.39 is 0 Å². The second kappa shape index (κ2) is 6.29. The monoisotopic (exact) mass is 270 g/mol. The minimum atomic E-state index is -0.264. The molecule has 1 aromatic carbocycles. The zero-order valence-corrected chi connectivity index (χ0v) is 11.3. The van der Waals surface area contributed by atoms with Gasteiger partial charge in [0.2, 0.25) is 0 Å². The van der Waals surface area contributed by atoms with Crippen molar-refractivity contribution in [2.45, 2.75) is 12.5 Å². The van der Waals surface area contributed by atoms with E-state index in [0.29, 0.717) is 23.9 Å². The number of nitrogens with one attached hydrogen (secondary N) is 1. The van der Waals surface area contributed by atoms with E-state index in [1.54, 1.807) is 19.2 Å². The van der Waals surface area contributed by atoms with Gasteiger partial charge in [-0.1, -0.05) is 0 Å². The van der Waals surface area contributed by atoms with E-state index in [0.717, 1.165) is 12.2 Å². The van der Waals surface area contributed by atoms with Crippen LogP contribution in [0.5, 0.6) is 5.75 Å². The molecule has 0 aromatic heterocycles. The largest absolute Gasteiger partial charge is 0.497 e. The van der Waals surface area contributed by atoms with Crippen LogP contribution in [-0.4, -0.2) is 31.2 Å². The molecular weight excluding hydrogens is 251 g/mol. The number of nitrogens with two attached hydrogens (primary N) is 1. The van der Waals surface area contributed by atoms with Crippen LogP contribution in [0.2, 0.25) is 0 Å². The van der Waals surface area contributed by atoms with Crippen LogP contribution >= 0.6 is 11.8 Å². The first-order valence-electron chi connectivity index (χ1n) is 6.12. The third-order valence-electron chi connectivity index (χ3n) is 3.30. The molecule has 1 aromatic rings. The van der Waals surface area contributed by atoms with Gasteiger partial charge in [-0.05, 0) is 36.0 Å². The highest BCUT2D eigenvalue weighted by atomic mass is 32.2. The van der Waals surface area contributed by atoms with Crippen molar-refractivity contribution in [1.82, 2.24) is 0 Å². The first-order chi connectivity index (χ1) is 8.74. The van der Waals surface area contributed by atoms with Crippen molar-refractivity contribution in [1.29, 1.82) is 0 Å². The summed E-state index contributed by atoms with van der Waals surface area (Å²) in [6.45, 7) is 0.516. The van der Waals surface area contributed by atoms with Crippen molar-refractivity contribution in [2.24, 2.45) is 11.7 Å². The van der Waals surface area contributed by atoms with Gasteiger partial charge in [-0.2, -0.15) is 11.8 Å². The highest BCUT2D eigenvalue weighted by molar-refractivity contribution is 7.99. The van der Waals surface area contributed by atoms with Crippen molar-refractivity contribution < 1.29 is 9.13 Å². The summed E-state index contributed by atoms with van der Waals surface area (Å²) in [5, 5.41) is 3.22. The van der Waals surface area contributed by atoms with Gasteiger partial charge in [-0.15, -0.1) is 0 Å². The standard InChI is InChI=1S/C13H19FN2OS/c1-17-10-2-3-11(14)12(6-10)16-13(7-15)9-4-5-18-8-9/h2-3,6,9,13,16H,4-5,7-8,15H2,1H3. The predicted molar refractivity (Wildman–Crippen MR) is 74.8 cm³/mol. The third kappa shape index (κ3) is 3.09. The van der Waals surface area contributed by atoms with Crippen molar-refractivity contribution >= 4 is 17.4 Å². The minimum Gasteiger partial charge on any atom is -0.497 e. The molecule has 100 valence electrons. The van der Waals surface area contributed by atoms with E-state index in [4.69, 9.17) is 10.5 Å². The summed E-state index contributed by atoms with van der Waals surface area (Å²) in [6.07, 6.45) is 1.14. The zero-order valence-electron chi connectivity index (χ0n) is 10.5. The smallest absolute Gasteiger partial charge is 0.146 e. The summed E-state index contributed by atoms with van der Waals surface area (Å²) in [5.74, 6) is 3.17. The van der Waals surface area contributed by atoms with Gasteiger partial charge in [0.05, 0.1) is 12.8 Å². The maximum atomic E-state index is 13.7. The maximum absolute atomic E-state index is 13.7. The average molecular weight is 270 g/mol. The lowest BCUT2D eigenvalue weighted by atomic mass is 9.99. The molecule has 0 spiro atoms. The lowest BCUT2D eigenvalue weighted by Crippen LogP contribution is -2.36. The number of thioether (sulfide) groups is 1.